The summed E-state index contributed by atoms with van der Waals surface area (Å²) in [6.45, 7) is 1.45. The van der Waals surface area contributed by atoms with Crippen LogP contribution in [0.3, 0.4) is 0 Å². The van der Waals surface area contributed by atoms with E-state index in [0.717, 1.165) is 12.2 Å². The molecule has 0 N–H and O–H groups in total. The predicted molar refractivity (Wildman–Crippen MR) is 113 cm³/mol. The minimum absolute atomic E-state index is 0.0782. The number of hydrogen-bond donors (Lipinski definition) is 0. The highest BCUT2D eigenvalue weighted by atomic mass is 32.2. The van der Waals surface area contributed by atoms with Crippen molar-refractivity contribution < 1.29 is 8.42 Å². The molecule has 1 aliphatic rings. The van der Waals surface area contributed by atoms with Crippen molar-refractivity contribution in [2.45, 2.75) is 35.9 Å². The van der Waals surface area contributed by atoms with Gasteiger partial charge in [0.2, 0.25) is 0 Å². The predicted octanol–water partition coefficient (Wildman–Crippen LogP) is 2.45. The Hall–Kier alpha value is -2.23. The average Bonchev–Trinajstić information content (AvgIpc) is 3.37. The summed E-state index contributed by atoms with van der Waals surface area (Å²) in [5, 5.41) is 6.26. The first kappa shape index (κ1) is 20.1. The molecule has 0 radical (unpaired) electrons. The minimum atomic E-state index is -3.43. The lowest BCUT2D eigenvalue weighted by atomic mass is 9.97. The maximum Gasteiger partial charge on any atom is 0.345 e. The third kappa shape index (κ3) is 4.08. The van der Waals surface area contributed by atoms with E-state index in [9.17, 15) is 13.2 Å². The van der Waals surface area contributed by atoms with Gasteiger partial charge in [0, 0.05) is 32.6 Å². The van der Waals surface area contributed by atoms with Gasteiger partial charge in [0.05, 0.1) is 0 Å². The van der Waals surface area contributed by atoms with Crippen LogP contribution in [-0.2, 0) is 30.0 Å². The second-order valence-electron chi connectivity index (χ2n) is 7.26. The first-order valence-electron chi connectivity index (χ1n) is 9.68. The van der Waals surface area contributed by atoms with Crippen LogP contribution in [0.25, 0.3) is 0 Å². The van der Waals surface area contributed by atoms with Crippen LogP contribution in [0.5, 0.6) is 0 Å². The van der Waals surface area contributed by atoms with E-state index in [0.29, 0.717) is 36.7 Å². The molecule has 1 aromatic carbocycles. The summed E-state index contributed by atoms with van der Waals surface area (Å²) in [6.07, 6.45) is 2.07. The molecular weight excluding hydrogens is 408 g/mol. The number of piperidine rings is 1. The molecule has 3 aromatic rings. The van der Waals surface area contributed by atoms with Crippen molar-refractivity contribution in [3.05, 3.63) is 69.7 Å². The van der Waals surface area contributed by atoms with Crippen molar-refractivity contribution in [1.82, 2.24) is 18.7 Å². The quantitative estimate of drug-likeness (QED) is 0.600. The summed E-state index contributed by atoms with van der Waals surface area (Å²) in [5.41, 5.74) is 1.05. The van der Waals surface area contributed by atoms with Crippen LogP contribution in [0.1, 0.15) is 30.1 Å². The number of hydrogen-bond acceptors (Lipinski definition) is 5. The Morgan fingerprint density at radius 2 is 1.83 bits per heavy atom. The lowest BCUT2D eigenvalue weighted by Gasteiger charge is -2.30. The van der Waals surface area contributed by atoms with E-state index < -0.39 is 10.0 Å². The lowest BCUT2D eigenvalue weighted by molar-refractivity contribution is 0.309. The molecule has 0 amide bonds. The van der Waals surface area contributed by atoms with Gasteiger partial charge in [-0.1, -0.05) is 36.4 Å². The normalized spacial score (nSPS) is 16.3. The Labute approximate surface area is 174 Å². The van der Waals surface area contributed by atoms with Gasteiger partial charge in [-0.3, -0.25) is 4.57 Å². The summed E-state index contributed by atoms with van der Waals surface area (Å²) in [4.78, 5) is 12.6. The lowest BCUT2D eigenvalue weighted by Crippen LogP contribution is -2.38. The molecule has 1 fully saturated rings. The van der Waals surface area contributed by atoms with Gasteiger partial charge in [-0.05, 0) is 36.3 Å². The van der Waals surface area contributed by atoms with Crippen LogP contribution in [0.2, 0.25) is 0 Å². The molecule has 1 saturated heterocycles. The fraction of sp³-hybridized carbons (Fsp3) is 0.400. The smallest absolute Gasteiger partial charge is 0.278 e. The zero-order valence-electron chi connectivity index (χ0n) is 16.3. The number of benzene rings is 1. The molecule has 3 heterocycles. The van der Waals surface area contributed by atoms with Crippen LogP contribution in [0.4, 0.5) is 0 Å². The van der Waals surface area contributed by atoms with Crippen LogP contribution in [-0.4, -0.2) is 40.2 Å². The first-order chi connectivity index (χ1) is 14.0. The number of aromatic nitrogens is 3. The SMILES string of the molecule is Cn1nc(C2CCN(S(=O)(=O)c3cccs3)CC2)n(CCc2ccccc2)c1=O. The highest BCUT2D eigenvalue weighted by Crippen LogP contribution is 2.30. The van der Waals surface area contributed by atoms with Crippen LogP contribution < -0.4 is 5.69 Å². The summed E-state index contributed by atoms with van der Waals surface area (Å²) in [6, 6.07) is 13.5. The molecule has 0 saturated carbocycles. The Kier molecular flexibility index (Phi) is 5.71. The molecule has 0 unspecified atom stereocenters. The zero-order valence-corrected chi connectivity index (χ0v) is 17.9. The number of sulfonamides is 1. The molecule has 4 rings (SSSR count). The van der Waals surface area contributed by atoms with Gasteiger partial charge >= 0.3 is 5.69 Å². The largest absolute Gasteiger partial charge is 0.345 e. The Bertz CT molecular complexity index is 1110. The van der Waals surface area contributed by atoms with Crippen molar-refractivity contribution in [3.8, 4) is 0 Å². The molecule has 0 spiro atoms. The third-order valence-electron chi connectivity index (χ3n) is 5.41. The van der Waals surface area contributed by atoms with Crippen molar-refractivity contribution in [2.24, 2.45) is 7.05 Å². The third-order valence-corrected chi connectivity index (χ3v) is 8.68. The second kappa shape index (κ2) is 8.25. The first-order valence-corrected chi connectivity index (χ1v) is 12.0. The van der Waals surface area contributed by atoms with E-state index >= 15 is 0 Å². The number of thiophene rings is 1. The van der Waals surface area contributed by atoms with Gasteiger partial charge in [-0.15, -0.1) is 11.3 Å². The Balaban J connectivity index is 1.49. The fourth-order valence-electron chi connectivity index (χ4n) is 3.81. The van der Waals surface area contributed by atoms with Crippen molar-refractivity contribution in [2.75, 3.05) is 13.1 Å². The standard InChI is InChI=1S/C20H24N4O3S2/c1-22-20(25)24(14-9-16-6-3-2-4-7-16)19(21-22)17-10-12-23(13-11-17)29(26,27)18-8-5-15-28-18/h2-8,15,17H,9-14H2,1H3. The highest BCUT2D eigenvalue weighted by molar-refractivity contribution is 7.91. The summed E-state index contributed by atoms with van der Waals surface area (Å²) in [5.74, 6) is 0.844. The van der Waals surface area contributed by atoms with Crippen LogP contribution in [0.15, 0.2) is 56.8 Å². The number of aryl methyl sites for hydroxylation is 2. The highest BCUT2D eigenvalue weighted by Gasteiger charge is 2.32. The molecule has 7 nitrogen and oxygen atoms in total. The Morgan fingerprint density at radius 1 is 1.10 bits per heavy atom. The van der Waals surface area contributed by atoms with Gasteiger partial charge in [0.15, 0.2) is 0 Å². The maximum atomic E-state index is 12.7. The average molecular weight is 433 g/mol. The van der Waals surface area contributed by atoms with Crippen molar-refractivity contribution >= 4 is 21.4 Å². The number of rotatable bonds is 6. The second-order valence-corrected chi connectivity index (χ2v) is 10.4. The summed E-state index contributed by atoms with van der Waals surface area (Å²) < 4.78 is 30.5. The maximum absolute atomic E-state index is 12.7. The number of nitrogens with zero attached hydrogens (tertiary/aromatic N) is 4. The van der Waals surface area contributed by atoms with E-state index in [1.807, 2.05) is 18.2 Å². The molecular formula is C20H24N4O3S2. The summed E-state index contributed by atoms with van der Waals surface area (Å²) >= 11 is 1.24. The molecule has 1 aliphatic heterocycles. The fourth-order valence-corrected chi connectivity index (χ4v) is 6.43. The van der Waals surface area contributed by atoms with E-state index in [-0.39, 0.29) is 11.6 Å². The molecule has 29 heavy (non-hydrogen) atoms. The molecule has 9 heteroatoms. The van der Waals surface area contributed by atoms with Crippen LogP contribution >= 0.6 is 11.3 Å². The zero-order chi connectivity index (χ0) is 20.4. The minimum Gasteiger partial charge on any atom is -0.278 e. The molecule has 154 valence electrons. The van der Waals surface area contributed by atoms with E-state index in [2.05, 4.69) is 17.2 Å². The van der Waals surface area contributed by atoms with Gasteiger partial charge in [0.25, 0.3) is 10.0 Å². The van der Waals surface area contributed by atoms with E-state index in [1.165, 1.54) is 21.6 Å². The van der Waals surface area contributed by atoms with Crippen molar-refractivity contribution in [3.63, 3.8) is 0 Å². The summed E-state index contributed by atoms with van der Waals surface area (Å²) in [7, 11) is -1.76. The van der Waals surface area contributed by atoms with Gasteiger partial charge in [-0.2, -0.15) is 9.40 Å². The van der Waals surface area contributed by atoms with Gasteiger partial charge < -0.3 is 0 Å². The van der Waals surface area contributed by atoms with Crippen LogP contribution in [0, 0.1) is 0 Å². The molecule has 0 bridgehead atoms. The monoisotopic (exact) mass is 432 g/mol. The molecule has 2 aromatic heterocycles. The van der Waals surface area contributed by atoms with E-state index in [1.54, 1.807) is 33.4 Å². The van der Waals surface area contributed by atoms with Gasteiger partial charge in [0.1, 0.15) is 10.0 Å². The van der Waals surface area contributed by atoms with E-state index in [4.69, 9.17) is 0 Å². The molecule has 0 aliphatic carbocycles. The topological polar surface area (TPSA) is 77.2 Å². The molecule has 0 atom stereocenters. The Morgan fingerprint density at radius 3 is 2.48 bits per heavy atom. The van der Waals surface area contributed by atoms with Gasteiger partial charge in [-0.25, -0.2) is 17.9 Å². The van der Waals surface area contributed by atoms with Crippen molar-refractivity contribution in [1.29, 1.82) is 0 Å².